The second kappa shape index (κ2) is 19.8. The van der Waals surface area contributed by atoms with E-state index in [9.17, 15) is 5.11 Å². The first-order valence-corrected chi connectivity index (χ1v) is 27.1. The fraction of sp³-hybridized carbons (Fsp3) is 0.0882. The van der Waals surface area contributed by atoms with Gasteiger partial charge in [-0.25, -0.2) is 0 Å². The van der Waals surface area contributed by atoms with E-state index < -0.39 is 0 Å². The van der Waals surface area contributed by atoms with Crippen LogP contribution < -0.4 is 0 Å². The monoisotopic (exact) mass is 1210 g/mol. The van der Waals surface area contributed by atoms with Gasteiger partial charge in [0.2, 0.25) is 0 Å². The number of aromatic hydroxyl groups is 1. The second-order valence-electron chi connectivity index (χ2n) is 19.8. The molecule has 0 spiro atoms. The number of para-hydroxylation sites is 4. The molecule has 0 amide bonds. The van der Waals surface area contributed by atoms with E-state index in [2.05, 4.69) is 237 Å². The van der Waals surface area contributed by atoms with Crippen molar-refractivity contribution in [3.63, 3.8) is 0 Å². The molecule has 0 unspecified atom stereocenters. The molecule has 1 N–H and O–H groups in total. The van der Waals surface area contributed by atoms with Gasteiger partial charge < -0.3 is 0 Å². The van der Waals surface area contributed by atoms with Crippen molar-refractivity contribution >= 4 is 55.9 Å². The summed E-state index contributed by atoms with van der Waals surface area (Å²) in [6.45, 7) is 9.10. The average Bonchev–Trinajstić information content (AvgIpc) is 4.17. The van der Waals surface area contributed by atoms with Crippen LogP contribution in [0.2, 0.25) is 0 Å². The standard InChI is InChI=1S/C68H51N4OSe.Pt/c1-42(2)53-38-48(45-23-10-6-11-24-45)39-54(43(3)4)65(53)72-61-32-20-29-50(64(61)70-67(72)52-28-14-18-33-62(52)73)49-40-56-51-27-15-19-34-63(51)74-66(56)57(41-49)68-69-58-30-16-17-31-60(58)71(68)59-36-35-47(44-21-8-5-9-22-44)37-55(59)46-25-12-7-13-26-46;/h5-40,42-43,73H,1-4H3;/q-1;. The van der Waals surface area contributed by atoms with Crippen LogP contribution in [-0.4, -0.2) is 38.7 Å². The summed E-state index contributed by atoms with van der Waals surface area (Å²) >= 11 is -0.0172. The summed E-state index contributed by atoms with van der Waals surface area (Å²) in [7, 11) is 0. The fourth-order valence-corrected chi connectivity index (χ4v) is 13.4. The van der Waals surface area contributed by atoms with E-state index in [1.54, 1.807) is 6.07 Å². The van der Waals surface area contributed by atoms with Gasteiger partial charge in [0.15, 0.2) is 0 Å². The smallest absolute Gasteiger partial charge is 0 e. The number of phenols is 1. The fourth-order valence-electron chi connectivity index (χ4n) is 10.9. The van der Waals surface area contributed by atoms with Gasteiger partial charge in [-0.15, -0.1) is 0 Å². The molecular formula is C68H51N4OPtSe-. The largest absolute Gasteiger partial charge is 0 e. The quantitative estimate of drug-likeness (QED) is 0.110. The van der Waals surface area contributed by atoms with Crippen molar-refractivity contribution < 1.29 is 26.2 Å². The van der Waals surface area contributed by atoms with Crippen LogP contribution in [0.5, 0.6) is 5.75 Å². The van der Waals surface area contributed by atoms with Crippen LogP contribution in [0.3, 0.4) is 0 Å². The van der Waals surface area contributed by atoms with Crippen molar-refractivity contribution in [3.05, 3.63) is 236 Å². The third-order valence-electron chi connectivity index (χ3n) is 14.5. The molecule has 0 aliphatic carbocycles. The number of phenolic OH excluding ortho intramolecular Hbond substituents is 1. The number of hydrogen-bond acceptors (Lipinski definition) is 3. The molecule has 3 heterocycles. The molecule has 5 nitrogen and oxygen atoms in total. The van der Waals surface area contributed by atoms with Crippen molar-refractivity contribution in [1.29, 1.82) is 0 Å². The Morgan fingerprint density at radius 2 is 1.07 bits per heavy atom. The van der Waals surface area contributed by atoms with Crippen LogP contribution in [0.25, 0.3) is 120 Å². The van der Waals surface area contributed by atoms with E-state index >= 15 is 0 Å². The molecule has 0 saturated carbocycles. The van der Waals surface area contributed by atoms with Crippen LogP contribution in [0.15, 0.2) is 218 Å². The number of imidazole rings is 2. The molecular weight excluding hydrogens is 1160 g/mol. The van der Waals surface area contributed by atoms with Crippen molar-refractivity contribution in [3.8, 4) is 84.4 Å². The van der Waals surface area contributed by atoms with Gasteiger partial charge in [-0.1, -0.05) is 30.3 Å². The molecule has 7 heteroatoms. The van der Waals surface area contributed by atoms with Crippen LogP contribution >= 0.6 is 0 Å². The van der Waals surface area contributed by atoms with Crippen LogP contribution in [0.4, 0.5) is 0 Å². The van der Waals surface area contributed by atoms with Crippen molar-refractivity contribution in [2.24, 2.45) is 0 Å². The van der Waals surface area contributed by atoms with Gasteiger partial charge in [0, 0.05) is 21.1 Å². The summed E-state index contributed by atoms with van der Waals surface area (Å²) in [6.07, 6.45) is 0. The number of nitrogens with zero attached hydrogens (tertiary/aromatic N) is 4. The molecule has 10 aromatic carbocycles. The van der Waals surface area contributed by atoms with Gasteiger partial charge in [-0.2, -0.15) is 0 Å². The Kier molecular flexibility index (Phi) is 12.7. The first-order chi connectivity index (χ1) is 36.3. The third-order valence-corrected chi connectivity index (χ3v) is 17.0. The predicted octanol–water partition coefficient (Wildman–Crippen LogP) is 17.5. The van der Waals surface area contributed by atoms with E-state index in [4.69, 9.17) is 9.97 Å². The van der Waals surface area contributed by atoms with Gasteiger partial charge in [0.25, 0.3) is 0 Å². The number of rotatable bonds is 10. The number of hydrogen-bond donors (Lipinski definition) is 1. The minimum atomic E-state index is -0.0172. The predicted molar refractivity (Wildman–Crippen MR) is 309 cm³/mol. The van der Waals surface area contributed by atoms with E-state index in [-0.39, 0.29) is 53.2 Å². The molecule has 0 atom stereocenters. The minimum Gasteiger partial charge on any atom is 0 e. The first-order valence-electron chi connectivity index (χ1n) is 25.4. The summed E-state index contributed by atoms with van der Waals surface area (Å²) < 4.78 is 7.29. The summed E-state index contributed by atoms with van der Waals surface area (Å²) in [5.41, 5.74) is 18.8. The average molecular weight is 1210 g/mol. The second-order valence-corrected chi connectivity index (χ2v) is 22.0. The van der Waals surface area contributed by atoms with Crippen LogP contribution in [0.1, 0.15) is 50.7 Å². The topological polar surface area (TPSA) is 55.9 Å². The normalized spacial score (nSPS) is 11.7. The van der Waals surface area contributed by atoms with Crippen LogP contribution in [0, 0.1) is 6.07 Å². The minimum absolute atomic E-state index is 0. The maximum Gasteiger partial charge on any atom is 0 e. The SMILES string of the molecule is CC(C)c1cc(-c2ccccc2)cc(C(C)C)c1-n1c(-c2ccccc2O)nc2c(-c3[c-]c(-c4nc5ccccc5n4-c4ccc(-c5ccccc5)cc4-c4ccccc4)c4[se]c5ccccc5c4c3)cccc21.[Pt]. The Labute approximate surface area is 457 Å². The van der Waals surface area contributed by atoms with Crippen LogP contribution in [-0.2, 0) is 21.1 Å². The zero-order valence-corrected chi connectivity index (χ0v) is 45.9. The van der Waals surface area contributed by atoms with Crippen molar-refractivity contribution in [1.82, 2.24) is 19.1 Å². The number of aromatic nitrogens is 4. The zero-order valence-electron chi connectivity index (χ0n) is 41.9. The molecule has 366 valence electrons. The summed E-state index contributed by atoms with van der Waals surface area (Å²) in [5, 5.41) is 14.2. The van der Waals surface area contributed by atoms with Crippen molar-refractivity contribution in [2.75, 3.05) is 0 Å². The van der Waals surface area contributed by atoms with Gasteiger partial charge >= 0.3 is 404 Å². The van der Waals surface area contributed by atoms with E-state index in [0.717, 1.165) is 72.6 Å². The molecule has 3 aromatic heterocycles. The number of benzene rings is 10. The Morgan fingerprint density at radius 1 is 0.467 bits per heavy atom. The summed E-state index contributed by atoms with van der Waals surface area (Å²) in [5.74, 6) is 2.06. The summed E-state index contributed by atoms with van der Waals surface area (Å²) in [4.78, 5) is 11.3. The van der Waals surface area contributed by atoms with Gasteiger partial charge in [-0.05, 0) is 5.56 Å². The Bertz CT molecular complexity index is 4240. The van der Waals surface area contributed by atoms with Gasteiger partial charge in [-0.3, -0.25) is 0 Å². The van der Waals surface area contributed by atoms with E-state index in [0.29, 0.717) is 11.4 Å². The van der Waals surface area contributed by atoms with E-state index in [1.165, 1.54) is 47.1 Å². The Balaban J connectivity index is 0.00000569. The molecule has 0 radical (unpaired) electrons. The molecule has 13 aromatic rings. The molecule has 13 rings (SSSR count). The van der Waals surface area contributed by atoms with Gasteiger partial charge in [0.05, 0.1) is 0 Å². The maximum absolute atomic E-state index is 11.7. The molecule has 0 aliphatic rings. The summed E-state index contributed by atoms with van der Waals surface area (Å²) in [6, 6.07) is 81.5. The van der Waals surface area contributed by atoms with Gasteiger partial charge in [0.1, 0.15) is 0 Å². The molecule has 75 heavy (non-hydrogen) atoms. The third kappa shape index (κ3) is 8.39. The Hall–Kier alpha value is -7.85. The molecule has 0 fully saturated rings. The molecule has 0 saturated heterocycles. The van der Waals surface area contributed by atoms with Crippen molar-refractivity contribution in [2.45, 2.75) is 39.5 Å². The molecule has 0 bridgehead atoms. The maximum atomic E-state index is 11.7. The zero-order chi connectivity index (χ0) is 50.0. The first kappa shape index (κ1) is 48.1. The van der Waals surface area contributed by atoms with E-state index in [1.807, 2.05) is 18.2 Å². The molecule has 0 aliphatic heterocycles. The Morgan fingerprint density at radius 3 is 1.77 bits per heavy atom. The number of fused-ring (bicyclic) bond motifs is 5.